The van der Waals surface area contributed by atoms with Crippen LogP contribution in [-0.4, -0.2) is 22.9 Å². The van der Waals surface area contributed by atoms with Crippen molar-refractivity contribution in [3.63, 3.8) is 0 Å². The summed E-state index contributed by atoms with van der Waals surface area (Å²) in [6, 6.07) is -0.672. The molecule has 3 nitrogen and oxygen atoms in total. The molecule has 3 N–H and O–H groups in total. The van der Waals surface area contributed by atoms with Gasteiger partial charge in [-0.2, -0.15) is 12.6 Å². The number of aliphatic carboxylic acids is 1. The number of rotatable bonds is 10. The van der Waals surface area contributed by atoms with Crippen LogP contribution in [0.15, 0.2) is 0 Å². The maximum absolute atomic E-state index is 10.4. The first-order valence-electron chi connectivity index (χ1n) is 5.77. The van der Waals surface area contributed by atoms with E-state index >= 15 is 0 Å². The Hall–Kier alpha value is -0.220. The maximum Gasteiger partial charge on any atom is 0.320 e. The van der Waals surface area contributed by atoms with E-state index in [1.54, 1.807) is 0 Å². The molecule has 90 valence electrons. The Morgan fingerprint density at radius 1 is 1.07 bits per heavy atom. The molecule has 0 amide bonds. The van der Waals surface area contributed by atoms with E-state index in [1.165, 1.54) is 32.1 Å². The highest BCUT2D eigenvalue weighted by atomic mass is 32.1. The Balaban J connectivity index is 3.08. The van der Waals surface area contributed by atoms with Crippen molar-refractivity contribution in [1.82, 2.24) is 0 Å². The quantitative estimate of drug-likeness (QED) is 0.401. The summed E-state index contributed by atoms with van der Waals surface area (Å²) in [6.45, 7) is 0. The Morgan fingerprint density at radius 3 is 2.00 bits per heavy atom. The zero-order chi connectivity index (χ0) is 11.5. The summed E-state index contributed by atoms with van der Waals surface area (Å²) < 4.78 is 0. The van der Waals surface area contributed by atoms with Gasteiger partial charge in [-0.3, -0.25) is 4.79 Å². The lowest BCUT2D eigenvalue weighted by Crippen LogP contribution is -2.29. The zero-order valence-electron chi connectivity index (χ0n) is 9.32. The minimum atomic E-state index is -0.885. The SMILES string of the molecule is NC(CCCCCCCCCS)C(=O)O. The molecule has 0 aromatic rings. The average Bonchev–Trinajstić information content (AvgIpc) is 2.21. The number of carboxylic acid groups (broad SMARTS) is 1. The van der Waals surface area contributed by atoms with Crippen LogP contribution in [-0.2, 0) is 4.79 Å². The molecule has 0 aromatic carbocycles. The third-order valence-corrected chi connectivity index (χ3v) is 2.81. The summed E-state index contributed by atoms with van der Waals surface area (Å²) in [4.78, 5) is 10.4. The molecule has 15 heavy (non-hydrogen) atoms. The van der Waals surface area contributed by atoms with Crippen LogP contribution in [0, 0.1) is 0 Å². The second-order valence-corrected chi connectivity index (χ2v) is 4.38. The molecule has 0 saturated heterocycles. The van der Waals surface area contributed by atoms with Crippen molar-refractivity contribution < 1.29 is 9.90 Å². The fourth-order valence-corrected chi connectivity index (χ4v) is 1.71. The lowest BCUT2D eigenvalue weighted by Gasteiger charge is -2.05. The van der Waals surface area contributed by atoms with Crippen LogP contribution in [0.1, 0.15) is 51.4 Å². The number of thiol groups is 1. The number of carboxylic acids is 1. The first-order valence-corrected chi connectivity index (χ1v) is 6.41. The molecule has 4 heteroatoms. The van der Waals surface area contributed by atoms with E-state index in [4.69, 9.17) is 10.8 Å². The summed E-state index contributed by atoms with van der Waals surface area (Å²) >= 11 is 4.15. The van der Waals surface area contributed by atoms with Crippen molar-refractivity contribution in [2.24, 2.45) is 5.73 Å². The summed E-state index contributed by atoms with van der Waals surface area (Å²) in [6.07, 6.45) is 8.81. The number of unbranched alkanes of at least 4 members (excludes halogenated alkanes) is 6. The van der Waals surface area contributed by atoms with Crippen LogP contribution in [0.5, 0.6) is 0 Å². The topological polar surface area (TPSA) is 63.3 Å². The van der Waals surface area contributed by atoms with Crippen LogP contribution >= 0.6 is 12.6 Å². The van der Waals surface area contributed by atoms with Gasteiger partial charge >= 0.3 is 5.97 Å². The third-order valence-electron chi connectivity index (χ3n) is 2.49. The minimum Gasteiger partial charge on any atom is -0.480 e. The largest absolute Gasteiger partial charge is 0.480 e. The fourth-order valence-electron chi connectivity index (χ4n) is 1.48. The number of nitrogens with two attached hydrogens (primary N) is 1. The molecule has 0 rings (SSSR count). The average molecular weight is 233 g/mol. The van der Waals surface area contributed by atoms with Crippen molar-refractivity contribution >= 4 is 18.6 Å². The van der Waals surface area contributed by atoms with Crippen LogP contribution in [0.4, 0.5) is 0 Å². The van der Waals surface area contributed by atoms with E-state index < -0.39 is 12.0 Å². The van der Waals surface area contributed by atoms with Crippen molar-refractivity contribution in [1.29, 1.82) is 0 Å². The summed E-state index contributed by atoms with van der Waals surface area (Å²) in [5.41, 5.74) is 5.39. The van der Waals surface area contributed by atoms with Crippen LogP contribution in [0.25, 0.3) is 0 Å². The predicted molar refractivity (Wildman–Crippen MR) is 66.4 cm³/mol. The molecule has 1 atom stereocenters. The van der Waals surface area contributed by atoms with Crippen molar-refractivity contribution in [2.45, 2.75) is 57.4 Å². The summed E-state index contributed by atoms with van der Waals surface area (Å²) in [7, 11) is 0. The first kappa shape index (κ1) is 14.8. The minimum absolute atomic E-state index is 0.603. The van der Waals surface area contributed by atoms with E-state index in [1.807, 2.05) is 0 Å². The van der Waals surface area contributed by atoms with Gasteiger partial charge in [-0.05, 0) is 18.6 Å². The van der Waals surface area contributed by atoms with Gasteiger partial charge < -0.3 is 10.8 Å². The zero-order valence-corrected chi connectivity index (χ0v) is 10.2. The Labute approximate surface area is 97.8 Å². The number of hydrogen-bond acceptors (Lipinski definition) is 3. The highest BCUT2D eigenvalue weighted by Crippen LogP contribution is 2.09. The van der Waals surface area contributed by atoms with E-state index in [-0.39, 0.29) is 0 Å². The molecule has 0 fully saturated rings. The van der Waals surface area contributed by atoms with E-state index in [2.05, 4.69) is 12.6 Å². The molecule has 0 aromatic heterocycles. The van der Waals surface area contributed by atoms with Crippen molar-refractivity contribution in [2.75, 3.05) is 5.75 Å². The van der Waals surface area contributed by atoms with Gasteiger partial charge in [-0.15, -0.1) is 0 Å². The summed E-state index contributed by atoms with van der Waals surface area (Å²) in [5, 5.41) is 8.55. The van der Waals surface area contributed by atoms with Gasteiger partial charge in [0.2, 0.25) is 0 Å². The van der Waals surface area contributed by atoms with Gasteiger partial charge in [0.05, 0.1) is 0 Å². The van der Waals surface area contributed by atoms with E-state index in [0.717, 1.165) is 18.6 Å². The predicted octanol–water partition coefficient (Wildman–Crippen LogP) is 2.45. The Kier molecular flexibility index (Phi) is 10.2. The van der Waals surface area contributed by atoms with Crippen LogP contribution < -0.4 is 5.73 Å². The lowest BCUT2D eigenvalue weighted by atomic mass is 10.1. The molecule has 0 aliphatic rings. The molecule has 0 spiro atoms. The standard InChI is InChI=1S/C11H23NO2S/c12-10(11(13)14)8-6-4-2-1-3-5-7-9-15/h10,15H,1-9,12H2,(H,13,14). The normalized spacial score (nSPS) is 12.7. The molecule has 0 aliphatic heterocycles. The molecular formula is C11H23NO2S. The summed E-state index contributed by atoms with van der Waals surface area (Å²) in [5.74, 6) is 0.0942. The van der Waals surface area contributed by atoms with Crippen molar-refractivity contribution in [3.8, 4) is 0 Å². The van der Waals surface area contributed by atoms with Crippen molar-refractivity contribution in [3.05, 3.63) is 0 Å². The number of hydrogen-bond donors (Lipinski definition) is 3. The van der Waals surface area contributed by atoms with Gasteiger partial charge in [0.1, 0.15) is 6.04 Å². The van der Waals surface area contributed by atoms with Crippen LogP contribution in [0.3, 0.4) is 0 Å². The van der Waals surface area contributed by atoms with Gasteiger partial charge in [-0.25, -0.2) is 0 Å². The highest BCUT2D eigenvalue weighted by molar-refractivity contribution is 7.80. The maximum atomic E-state index is 10.4. The monoisotopic (exact) mass is 233 g/mol. The lowest BCUT2D eigenvalue weighted by molar-refractivity contribution is -0.138. The van der Waals surface area contributed by atoms with Gasteiger partial charge in [0.25, 0.3) is 0 Å². The molecule has 0 radical (unpaired) electrons. The molecule has 1 unspecified atom stereocenters. The molecule has 0 bridgehead atoms. The second-order valence-electron chi connectivity index (χ2n) is 3.93. The smallest absolute Gasteiger partial charge is 0.320 e. The van der Waals surface area contributed by atoms with E-state index in [0.29, 0.717) is 6.42 Å². The molecular weight excluding hydrogens is 210 g/mol. The third kappa shape index (κ3) is 10.1. The van der Waals surface area contributed by atoms with Gasteiger partial charge in [0.15, 0.2) is 0 Å². The first-order chi connectivity index (χ1) is 7.18. The van der Waals surface area contributed by atoms with Gasteiger partial charge in [0, 0.05) is 0 Å². The number of carbonyl (C=O) groups is 1. The molecule has 0 aliphatic carbocycles. The molecule has 0 saturated carbocycles. The highest BCUT2D eigenvalue weighted by Gasteiger charge is 2.09. The van der Waals surface area contributed by atoms with Gasteiger partial charge in [-0.1, -0.05) is 38.5 Å². The molecule has 0 heterocycles. The second kappa shape index (κ2) is 10.3. The van der Waals surface area contributed by atoms with Crippen LogP contribution in [0.2, 0.25) is 0 Å². The Morgan fingerprint density at radius 2 is 1.53 bits per heavy atom. The van der Waals surface area contributed by atoms with E-state index in [9.17, 15) is 4.79 Å². The Bertz CT molecular complexity index is 165. The fraction of sp³-hybridized carbons (Fsp3) is 0.909.